The van der Waals surface area contributed by atoms with Gasteiger partial charge in [-0.1, -0.05) is 24.3 Å². The van der Waals surface area contributed by atoms with Crippen LogP contribution in [-0.2, 0) is 6.42 Å². The lowest BCUT2D eigenvalue weighted by molar-refractivity contribution is 0.477. The molecule has 0 atom stereocenters. The molecule has 0 spiro atoms. The van der Waals surface area contributed by atoms with Crippen molar-refractivity contribution >= 4 is 33.0 Å². The third-order valence-electron chi connectivity index (χ3n) is 2.08. The summed E-state index contributed by atoms with van der Waals surface area (Å²) in [4.78, 5) is 4.33. The fourth-order valence-electron chi connectivity index (χ4n) is 1.22. The molecule has 0 saturated carbocycles. The first-order valence-corrected chi connectivity index (χ1v) is 6.54. The Hall–Kier alpha value is -1.07. The number of hydrogen-bond acceptors (Lipinski definition) is 4. The van der Waals surface area contributed by atoms with Crippen LogP contribution >= 0.6 is 27.3 Å². The maximum Gasteiger partial charge on any atom is 0.279 e. The predicted octanol–water partition coefficient (Wildman–Crippen LogP) is 3.84. The van der Waals surface area contributed by atoms with Crippen LogP contribution in [-0.4, -0.2) is 4.98 Å². The van der Waals surface area contributed by atoms with Crippen LogP contribution in [0.4, 0.5) is 5.69 Å². The molecule has 1 heterocycles. The van der Waals surface area contributed by atoms with Crippen LogP contribution in [0.15, 0.2) is 28.1 Å². The number of ether oxygens (including phenoxy) is 1. The van der Waals surface area contributed by atoms with E-state index in [9.17, 15) is 0 Å². The smallest absolute Gasteiger partial charge is 0.279 e. The number of hydrogen-bond donors (Lipinski definition) is 1. The van der Waals surface area contributed by atoms with Gasteiger partial charge in [0.2, 0.25) is 0 Å². The van der Waals surface area contributed by atoms with E-state index in [1.54, 1.807) is 6.07 Å². The van der Waals surface area contributed by atoms with Crippen LogP contribution in [0, 0.1) is 0 Å². The van der Waals surface area contributed by atoms with E-state index >= 15 is 0 Å². The molecular weight excluding hydrogens is 288 g/mol. The summed E-state index contributed by atoms with van der Waals surface area (Å²) in [6, 6.07) is 5.56. The third kappa shape index (κ3) is 2.36. The van der Waals surface area contributed by atoms with E-state index in [0.717, 1.165) is 16.6 Å². The standard InChI is InChI=1S/C11H11BrN2OS/c1-2-7-6-16-11(14-7)15-10-8(12)4-3-5-9(10)13/h3-6H,2,13H2,1H3. The Labute approximate surface area is 106 Å². The van der Waals surface area contributed by atoms with Gasteiger partial charge in [0.25, 0.3) is 5.19 Å². The van der Waals surface area contributed by atoms with E-state index in [0.29, 0.717) is 16.6 Å². The molecule has 0 fully saturated rings. The summed E-state index contributed by atoms with van der Waals surface area (Å²) in [5.41, 5.74) is 7.46. The molecule has 1 aromatic heterocycles. The normalized spacial score (nSPS) is 10.4. The molecule has 0 saturated heterocycles. The van der Waals surface area contributed by atoms with Crippen LogP contribution < -0.4 is 10.5 Å². The Kier molecular flexibility index (Phi) is 3.46. The van der Waals surface area contributed by atoms with Gasteiger partial charge < -0.3 is 10.5 Å². The van der Waals surface area contributed by atoms with Crippen molar-refractivity contribution < 1.29 is 4.74 Å². The molecule has 1 aromatic carbocycles. The molecule has 2 rings (SSSR count). The van der Waals surface area contributed by atoms with E-state index in [1.165, 1.54) is 11.3 Å². The Balaban J connectivity index is 2.26. The fourth-order valence-corrected chi connectivity index (χ4v) is 2.44. The van der Waals surface area contributed by atoms with Gasteiger partial charge in [-0.05, 0) is 34.5 Å². The zero-order chi connectivity index (χ0) is 11.5. The quantitative estimate of drug-likeness (QED) is 0.876. The average Bonchev–Trinajstić information content (AvgIpc) is 2.71. The van der Waals surface area contributed by atoms with Crippen molar-refractivity contribution in [3.8, 4) is 10.9 Å². The van der Waals surface area contributed by atoms with Crippen LogP contribution in [0.25, 0.3) is 0 Å². The molecule has 2 aromatic rings. The number of nitrogens with zero attached hydrogens (tertiary/aromatic N) is 1. The molecule has 0 aliphatic heterocycles. The molecular formula is C11H11BrN2OS. The van der Waals surface area contributed by atoms with E-state index in [-0.39, 0.29) is 0 Å². The lowest BCUT2D eigenvalue weighted by Gasteiger charge is -2.06. The summed E-state index contributed by atoms with van der Waals surface area (Å²) in [5, 5.41) is 2.61. The highest BCUT2D eigenvalue weighted by atomic mass is 79.9. The van der Waals surface area contributed by atoms with Crippen molar-refractivity contribution in [2.45, 2.75) is 13.3 Å². The molecule has 84 valence electrons. The van der Waals surface area contributed by atoms with Crippen molar-refractivity contribution in [2.24, 2.45) is 0 Å². The van der Waals surface area contributed by atoms with Gasteiger partial charge in [0, 0.05) is 5.38 Å². The zero-order valence-electron chi connectivity index (χ0n) is 8.74. The fraction of sp³-hybridized carbons (Fsp3) is 0.182. The molecule has 0 unspecified atom stereocenters. The van der Waals surface area contributed by atoms with Gasteiger partial charge >= 0.3 is 0 Å². The summed E-state index contributed by atoms with van der Waals surface area (Å²) in [6.45, 7) is 2.06. The Bertz CT molecular complexity index is 478. The van der Waals surface area contributed by atoms with E-state index < -0.39 is 0 Å². The summed E-state index contributed by atoms with van der Waals surface area (Å²) >= 11 is 4.88. The second kappa shape index (κ2) is 4.84. The highest BCUT2D eigenvalue weighted by Crippen LogP contribution is 2.35. The molecule has 0 aliphatic carbocycles. The van der Waals surface area contributed by atoms with Crippen molar-refractivity contribution in [1.29, 1.82) is 0 Å². The first-order valence-electron chi connectivity index (χ1n) is 4.87. The third-order valence-corrected chi connectivity index (χ3v) is 3.47. The average molecular weight is 299 g/mol. The number of aromatic nitrogens is 1. The Morgan fingerprint density at radius 2 is 2.31 bits per heavy atom. The number of anilines is 1. The molecule has 3 nitrogen and oxygen atoms in total. The molecule has 16 heavy (non-hydrogen) atoms. The molecule has 5 heteroatoms. The first kappa shape index (κ1) is 11.4. The van der Waals surface area contributed by atoms with Gasteiger partial charge in [-0.25, -0.2) is 4.98 Å². The van der Waals surface area contributed by atoms with Crippen LogP contribution in [0.3, 0.4) is 0 Å². The zero-order valence-corrected chi connectivity index (χ0v) is 11.1. The van der Waals surface area contributed by atoms with Crippen LogP contribution in [0.5, 0.6) is 10.9 Å². The summed E-state index contributed by atoms with van der Waals surface area (Å²) in [5.74, 6) is 0.625. The van der Waals surface area contributed by atoms with Crippen LogP contribution in [0.2, 0.25) is 0 Å². The van der Waals surface area contributed by atoms with E-state index in [4.69, 9.17) is 10.5 Å². The molecule has 0 bridgehead atoms. The Morgan fingerprint density at radius 3 is 2.94 bits per heavy atom. The topological polar surface area (TPSA) is 48.1 Å². The number of nitrogen functional groups attached to an aromatic ring is 1. The van der Waals surface area contributed by atoms with Crippen molar-refractivity contribution in [3.05, 3.63) is 33.7 Å². The van der Waals surface area contributed by atoms with Crippen molar-refractivity contribution in [1.82, 2.24) is 4.98 Å². The van der Waals surface area contributed by atoms with Gasteiger partial charge in [-0.15, -0.1) is 0 Å². The first-order chi connectivity index (χ1) is 7.70. The van der Waals surface area contributed by atoms with Crippen LogP contribution in [0.1, 0.15) is 12.6 Å². The number of thiazole rings is 1. The lowest BCUT2D eigenvalue weighted by atomic mass is 10.3. The highest BCUT2D eigenvalue weighted by Gasteiger charge is 2.09. The molecule has 2 N–H and O–H groups in total. The van der Waals surface area contributed by atoms with Crippen molar-refractivity contribution in [3.63, 3.8) is 0 Å². The van der Waals surface area contributed by atoms with Gasteiger partial charge in [0.15, 0.2) is 5.75 Å². The minimum atomic E-state index is 0.600. The Morgan fingerprint density at radius 1 is 1.50 bits per heavy atom. The van der Waals surface area contributed by atoms with E-state index in [2.05, 4.69) is 27.8 Å². The summed E-state index contributed by atoms with van der Waals surface area (Å²) < 4.78 is 6.49. The second-order valence-electron chi connectivity index (χ2n) is 3.22. The van der Waals surface area contributed by atoms with Gasteiger partial charge in [0.05, 0.1) is 15.9 Å². The number of benzene rings is 1. The summed E-state index contributed by atoms with van der Waals surface area (Å²) in [7, 11) is 0. The maximum absolute atomic E-state index is 5.83. The highest BCUT2D eigenvalue weighted by molar-refractivity contribution is 9.10. The monoisotopic (exact) mass is 298 g/mol. The lowest BCUT2D eigenvalue weighted by Crippen LogP contribution is -1.92. The molecule has 0 amide bonds. The minimum absolute atomic E-state index is 0.600. The number of rotatable bonds is 3. The maximum atomic E-state index is 5.83. The summed E-state index contributed by atoms with van der Waals surface area (Å²) in [6.07, 6.45) is 0.908. The molecule has 0 radical (unpaired) electrons. The molecule has 0 aliphatic rings. The van der Waals surface area contributed by atoms with Crippen molar-refractivity contribution in [2.75, 3.05) is 5.73 Å². The number of aryl methyl sites for hydroxylation is 1. The minimum Gasteiger partial charge on any atom is -0.427 e. The predicted molar refractivity (Wildman–Crippen MR) is 70.1 cm³/mol. The van der Waals surface area contributed by atoms with E-state index in [1.807, 2.05) is 17.5 Å². The van der Waals surface area contributed by atoms with Gasteiger partial charge in [0.1, 0.15) is 0 Å². The SMILES string of the molecule is CCc1csc(Oc2c(N)cccc2Br)n1. The number of nitrogens with two attached hydrogens (primary N) is 1. The van der Waals surface area contributed by atoms with Gasteiger partial charge in [-0.3, -0.25) is 0 Å². The number of halogens is 1. The number of para-hydroxylation sites is 1. The van der Waals surface area contributed by atoms with Gasteiger partial charge in [-0.2, -0.15) is 0 Å². The largest absolute Gasteiger partial charge is 0.427 e. The second-order valence-corrected chi connectivity index (χ2v) is 4.89.